The van der Waals surface area contributed by atoms with Gasteiger partial charge in [0.1, 0.15) is 6.33 Å². The molecule has 1 unspecified atom stereocenters. The van der Waals surface area contributed by atoms with Gasteiger partial charge < -0.3 is 10.1 Å². The smallest absolute Gasteiger partial charge is 0.115 e. The molecule has 0 fully saturated rings. The van der Waals surface area contributed by atoms with E-state index in [0.717, 1.165) is 15.7 Å². The van der Waals surface area contributed by atoms with Gasteiger partial charge in [0.05, 0.1) is 35.6 Å². The van der Waals surface area contributed by atoms with Gasteiger partial charge in [-0.2, -0.15) is 5.10 Å². The van der Waals surface area contributed by atoms with Gasteiger partial charge in [0.15, 0.2) is 0 Å². The van der Waals surface area contributed by atoms with Crippen LogP contribution in [0.2, 0.25) is 0 Å². The molecule has 19 heavy (non-hydrogen) atoms. The second kappa shape index (κ2) is 6.74. The first-order valence-electron chi connectivity index (χ1n) is 5.90. The van der Waals surface area contributed by atoms with Crippen molar-refractivity contribution in [3.05, 3.63) is 40.6 Å². The molecular weight excluding hydrogens is 310 g/mol. The average molecular weight is 326 g/mol. The zero-order chi connectivity index (χ0) is 13.7. The number of hydrogen-bond acceptors (Lipinski definition) is 5. The Balaban J connectivity index is 2.35. The standard InChI is InChI=1S/C12H16BrN5O/c1-14-11(9-5-15-8-16-6-9)12-10(13)7-17-18(12)3-4-19-2/h5-8,11,14H,3-4H2,1-2H3. The topological polar surface area (TPSA) is 64.9 Å². The van der Waals surface area contributed by atoms with Crippen molar-refractivity contribution in [3.63, 3.8) is 0 Å². The molecule has 2 heterocycles. The van der Waals surface area contributed by atoms with Gasteiger partial charge in [0, 0.05) is 25.1 Å². The summed E-state index contributed by atoms with van der Waals surface area (Å²) in [5.41, 5.74) is 2.03. The Morgan fingerprint density at radius 1 is 1.37 bits per heavy atom. The molecular formula is C12H16BrN5O. The second-order valence-corrected chi connectivity index (χ2v) is 4.84. The molecule has 0 radical (unpaired) electrons. The Morgan fingerprint density at radius 3 is 2.74 bits per heavy atom. The molecule has 6 nitrogen and oxygen atoms in total. The first-order chi connectivity index (χ1) is 9.27. The zero-order valence-corrected chi connectivity index (χ0v) is 12.5. The monoisotopic (exact) mass is 325 g/mol. The number of hydrogen-bond donors (Lipinski definition) is 1. The summed E-state index contributed by atoms with van der Waals surface area (Å²) < 4.78 is 7.98. The van der Waals surface area contributed by atoms with Gasteiger partial charge in [-0.1, -0.05) is 0 Å². The molecule has 0 saturated carbocycles. The molecule has 2 aromatic heterocycles. The van der Waals surface area contributed by atoms with Crippen LogP contribution in [0.25, 0.3) is 0 Å². The van der Waals surface area contributed by atoms with Crippen molar-refractivity contribution in [1.29, 1.82) is 0 Å². The summed E-state index contributed by atoms with van der Waals surface area (Å²) in [7, 11) is 3.58. The number of nitrogens with zero attached hydrogens (tertiary/aromatic N) is 4. The molecule has 0 aliphatic heterocycles. The van der Waals surface area contributed by atoms with Gasteiger partial charge in [-0.25, -0.2) is 9.97 Å². The van der Waals surface area contributed by atoms with E-state index in [0.29, 0.717) is 13.2 Å². The fourth-order valence-electron chi connectivity index (χ4n) is 1.94. The van der Waals surface area contributed by atoms with E-state index in [1.807, 2.05) is 11.7 Å². The lowest BCUT2D eigenvalue weighted by atomic mass is 10.1. The van der Waals surface area contributed by atoms with Crippen molar-refractivity contribution in [3.8, 4) is 0 Å². The number of rotatable bonds is 6. The molecule has 2 aromatic rings. The van der Waals surface area contributed by atoms with E-state index in [-0.39, 0.29) is 6.04 Å². The summed E-state index contributed by atoms with van der Waals surface area (Å²) in [6, 6.07) is -0.0186. The van der Waals surface area contributed by atoms with Crippen LogP contribution in [0.3, 0.4) is 0 Å². The van der Waals surface area contributed by atoms with Gasteiger partial charge in [-0.05, 0) is 23.0 Å². The van der Waals surface area contributed by atoms with E-state index in [1.165, 1.54) is 6.33 Å². The van der Waals surface area contributed by atoms with Crippen molar-refractivity contribution < 1.29 is 4.74 Å². The van der Waals surface area contributed by atoms with Crippen LogP contribution in [0.4, 0.5) is 0 Å². The number of ether oxygens (including phenoxy) is 1. The SMILES string of the molecule is CNC(c1cncnc1)c1c(Br)cnn1CCOC. The first-order valence-corrected chi connectivity index (χ1v) is 6.69. The van der Waals surface area contributed by atoms with E-state index in [2.05, 4.69) is 36.3 Å². The maximum atomic E-state index is 5.11. The highest BCUT2D eigenvalue weighted by atomic mass is 79.9. The van der Waals surface area contributed by atoms with Crippen molar-refractivity contribution in [2.45, 2.75) is 12.6 Å². The lowest BCUT2D eigenvalue weighted by Gasteiger charge is -2.18. The molecule has 102 valence electrons. The molecule has 0 amide bonds. The van der Waals surface area contributed by atoms with Crippen LogP contribution < -0.4 is 5.32 Å². The fraction of sp³-hybridized carbons (Fsp3) is 0.417. The number of nitrogens with one attached hydrogen (secondary N) is 1. The number of aromatic nitrogens is 4. The Labute approximate surface area is 120 Å². The summed E-state index contributed by atoms with van der Waals surface area (Å²) in [5, 5.41) is 7.62. The Kier molecular flexibility index (Phi) is 5.00. The molecule has 0 bridgehead atoms. The van der Waals surface area contributed by atoms with E-state index >= 15 is 0 Å². The molecule has 1 atom stereocenters. The highest BCUT2D eigenvalue weighted by Crippen LogP contribution is 2.27. The van der Waals surface area contributed by atoms with Gasteiger partial charge in [-0.3, -0.25) is 4.68 Å². The van der Waals surface area contributed by atoms with Gasteiger partial charge in [-0.15, -0.1) is 0 Å². The quantitative estimate of drug-likeness (QED) is 0.869. The fourth-order valence-corrected chi connectivity index (χ4v) is 2.46. The van der Waals surface area contributed by atoms with Gasteiger partial charge in [0.2, 0.25) is 0 Å². The lowest BCUT2D eigenvalue weighted by Crippen LogP contribution is -2.23. The van der Waals surface area contributed by atoms with Crippen molar-refractivity contribution in [2.75, 3.05) is 20.8 Å². The summed E-state index contributed by atoms with van der Waals surface area (Å²) in [6.45, 7) is 1.31. The number of methoxy groups -OCH3 is 1. The van der Waals surface area contributed by atoms with Crippen LogP contribution >= 0.6 is 15.9 Å². The third-order valence-corrected chi connectivity index (χ3v) is 3.43. The minimum absolute atomic E-state index is 0.0186. The van der Waals surface area contributed by atoms with Crippen molar-refractivity contribution in [2.24, 2.45) is 0 Å². The maximum Gasteiger partial charge on any atom is 0.115 e. The summed E-state index contributed by atoms with van der Waals surface area (Å²) in [5.74, 6) is 0. The third kappa shape index (κ3) is 3.17. The number of halogens is 1. The second-order valence-electron chi connectivity index (χ2n) is 3.99. The lowest BCUT2D eigenvalue weighted by molar-refractivity contribution is 0.182. The largest absolute Gasteiger partial charge is 0.383 e. The van der Waals surface area contributed by atoms with Crippen LogP contribution in [-0.4, -0.2) is 40.5 Å². The normalized spacial score (nSPS) is 12.6. The predicted octanol–water partition coefficient (Wildman–Crippen LogP) is 1.39. The van der Waals surface area contributed by atoms with Gasteiger partial charge >= 0.3 is 0 Å². The van der Waals surface area contributed by atoms with Crippen molar-refractivity contribution >= 4 is 15.9 Å². The minimum Gasteiger partial charge on any atom is -0.383 e. The highest BCUT2D eigenvalue weighted by Gasteiger charge is 2.20. The van der Waals surface area contributed by atoms with E-state index in [9.17, 15) is 0 Å². The van der Waals surface area contributed by atoms with Crippen LogP contribution in [0.15, 0.2) is 29.4 Å². The molecule has 0 saturated heterocycles. The average Bonchev–Trinajstić information content (AvgIpc) is 2.80. The first kappa shape index (κ1) is 14.1. The molecule has 0 aliphatic rings. The Bertz CT molecular complexity index is 516. The van der Waals surface area contributed by atoms with Crippen LogP contribution in [-0.2, 0) is 11.3 Å². The summed E-state index contributed by atoms with van der Waals surface area (Å²) in [4.78, 5) is 8.13. The van der Waals surface area contributed by atoms with Crippen LogP contribution in [0.5, 0.6) is 0 Å². The van der Waals surface area contributed by atoms with Crippen LogP contribution in [0.1, 0.15) is 17.3 Å². The molecule has 2 rings (SSSR count). The third-order valence-electron chi connectivity index (χ3n) is 2.82. The van der Waals surface area contributed by atoms with Crippen LogP contribution in [0, 0.1) is 0 Å². The minimum atomic E-state index is -0.0186. The zero-order valence-electron chi connectivity index (χ0n) is 10.9. The summed E-state index contributed by atoms with van der Waals surface area (Å²) in [6.07, 6.45) is 6.91. The Morgan fingerprint density at radius 2 is 2.11 bits per heavy atom. The molecule has 7 heteroatoms. The van der Waals surface area contributed by atoms with Gasteiger partial charge in [0.25, 0.3) is 0 Å². The van der Waals surface area contributed by atoms with E-state index in [1.54, 1.807) is 25.7 Å². The molecule has 0 aliphatic carbocycles. The van der Waals surface area contributed by atoms with E-state index < -0.39 is 0 Å². The summed E-state index contributed by atoms with van der Waals surface area (Å²) >= 11 is 3.54. The molecule has 1 N–H and O–H groups in total. The van der Waals surface area contributed by atoms with E-state index in [4.69, 9.17) is 4.74 Å². The predicted molar refractivity (Wildman–Crippen MR) is 74.7 cm³/mol. The van der Waals surface area contributed by atoms with Crippen molar-refractivity contribution in [1.82, 2.24) is 25.1 Å². The molecule has 0 spiro atoms. The maximum absolute atomic E-state index is 5.11. The molecule has 0 aromatic carbocycles. The highest BCUT2D eigenvalue weighted by molar-refractivity contribution is 9.10. The Hall–Kier alpha value is -1.31.